The largest absolute Gasteiger partial charge is 0.497 e. The van der Waals surface area contributed by atoms with Crippen LogP contribution in [0.4, 0.5) is 0 Å². The van der Waals surface area contributed by atoms with Crippen molar-refractivity contribution in [2.75, 3.05) is 20.3 Å². The summed E-state index contributed by atoms with van der Waals surface area (Å²) >= 11 is 0. The average Bonchev–Trinajstić information content (AvgIpc) is 3.35. The summed E-state index contributed by atoms with van der Waals surface area (Å²) < 4.78 is 13.4. The van der Waals surface area contributed by atoms with Crippen molar-refractivity contribution in [3.05, 3.63) is 115 Å². The predicted molar refractivity (Wildman–Crippen MR) is 160 cm³/mol. The van der Waals surface area contributed by atoms with E-state index in [1.165, 1.54) is 5.56 Å². The number of methoxy groups -OCH3 is 1. The lowest BCUT2D eigenvalue weighted by Gasteiger charge is -2.11. The molecular weight excluding hydrogens is 498 g/mol. The Kier molecular flexibility index (Phi) is 9.09. The molecule has 0 fully saturated rings. The van der Waals surface area contributed by atoms with Gasteiger partial charge in [-0.15, -0.1) is 0 Å². The topological polar surface area (TPSA) is 65.4 Å². The number of ether oxygens (including phenoxy) is 2. The summed E-state index contributed by atoms with van der Waals surface area (Å²) in [5.74, 6) is 2.61. The van der Waals surface area contributed by atoms with Crippen LogP contribution in [0.5, 0.6) is 11.5 Å². The van der Waals surface area contributed by atoms with Gasteiger partial charge in [-0.25, -0.2) is 4.98 Å². The summed E-state index contributed by atoms with van der Waals surface area (Å²) in [6, 6.07) is 34.3. The van der Waals surface area contributed by atoms with E-state index in [0.29, 0.717) is 26.0 Å². The van der Waals surface area contributed by atoms with E-state index in [1.54, 1.807) is 7.11 Å². The number of rotatable bonds is 13. The number of imidazole rings is 1. The summed E-state index contributed by atoms with van der Waals surface area (Å²) in [6.45, 7) is 2.03. The van der Waals surface area contributed by atoms with Crippen LogP contribution in [0.1, 0.15) is 24.2 Å². The van der Waals surface area contributed by atoms with E-state index < -0.39 is 0 Å². The standard InChI is InChI=1S/C34H35N3O3/c1-39-29-12-9-13-30(25-29)40-23-8-7-22-37-32-15-6-5-14-31(32)36-33(37)20-21-35-34(38)24-26-16-18-28(19-17-26)27-10-3-2-4-11-27/h2-6,9-19,25H,7-8,20-24H2,1H3,(H,35,38). The zero-order valence-corrected chi connectivity index (χ0v) is 22.9. The summed E-state index contributed by atoms with van der Waals surface area (Å²) in [4.78, 5) is 17.5. The van der Waals surface area contributed by atoms with E-state index in [4.69, 9.17) is 14.5 Å². The van der Waals surface area contributed by atoms with Crippen LogP contribution in [0.3, 0.4) is 0 Å². The van der Waals surface area contributed by atoms with E-state index in [2.05, 4.69) is 40.2 Å². The number of para-hydroxylation sites is 2. The molecule has 204 valence electrons. The fourth-order valence-electron chi connectivity index (χ4n) is 4.83. The quantitative estimate of drug-likeness (QED) is 0.176. The lowest BCUT2D eigenvalue weighted by molar-refractivity contribution is -0.120. The number of fused-ring (bicyclic) bond motifs is 1. The highest BCUT2D eigenvalue weighted by molar-refractivity contribution is 5.79. The van der Waals surface area contributed by atoms with E-state index in [9.17, 15) is 4.79 Å². The van der Waals surface area contributed by atoms with Gasteiger partial charge < -0.3 is 19.4 Å². The molecule has 0 aliphatic heterocycles. The van der Waals surface area contributed by atoms with Crippen LogP contribution in [0.2, 0.25) is 0 Å². The molecule has 0 atom stereocenters. The molecule has 0 radical (unpaired) electrons. The molecule has 6 nitrogen and oxygen atoms in total. The van der Waals surface area contributed by atoms with Crippen molar-refractivity contribution in [3.8, 4) is 22.6 Å². The molecule has 0 aliphatic carbocycles. The Morgan fingerprint density at radius 2 is 1.57 bits per heavy atom. The maximum atomic E-state index is 12.7. The Hall–Kier alpha value is -4.58. The molecule has 0 spiro atoms. The van der Waals surface area contributed by atoms with Crippen LogP contribution in [-0.4, -0.2) is 35.7 Å². The third kappa shape index (κ3) is 7.08. The molecule has 0 saturated heterocycles. The molecular formula is C34H35N3O3. The lowest BCUT2D eigenvalue weighted by Crippen LogP contribution is -2.28. The second-order valence-electron chi connectivity index (χ2n) is 9.74. The van der Waals surface area contributed by atoms with Crippen molar-refractivity contribution in [2.24, 2.45) is 0 Å². The highest BCUT2D eigenvalue weighted by Crippen LogP contribution is 2.21. The normalized spacial score (nSPS) is 10.9. The Bertz CT molecular complexity index is 1530. The van der Waals surface area contributed by atoms with Gasteiger partial charge in [0.25, 0.3) is 0 Å². The summed E-state index contributed by atoms with van der Waals surface area (Å²) in [6.07, 6.45) is 2.91. The van der Waals surface area contributed by atoms with E-state index in [-0.39, 0.29) is 5.91 Å². The molecule has 5 aromatic rings. The Balaban J connectivity index is 1.11. The highest BCUT2D eigenvalue weighted by Gasteiger charge is 2.11. The van der Waals surface area contributed by atoms with Crippen LogP contribution in [-0.2, 0) is 24.2 Å². The first-order valence-corrected chi connectivity index (χ1v) is 13.8. The zero-order valence-electron chi connectivity index (χ0n) is 22.9. The first kappa shape index (κ1) is 27.0. The van der Waals surface area contributed by atoms with E-state index in [0.717, 1.165) is 58.9 Å². The smallest absolute Gasteiger partial charge is 0.224 e. The van der Waals surface area contributed by atoms with Crippen LogP contribution in [0.25, 0.3) is 22.2 Å². The predicted octanol–water partition coefficient (Wildman–Crippen LogP) is 6.47. The van der Waals surface area contributed by atoms with E-state index in [1.807, 2.05) is 72.8 Å². The van der Waals surface area contributed by atoms with Gasteiger partial charge in [0.05, 0.1) is 31.2 Å². The second kappa shape index (κ2) is 13.5. The molecule has 5 rings (SSSR count). The molecule has 6 heteroatoms. The summed E-state index contributed by atoms with van der Waals surface area (Å²) in [7, 11) is 1.66. The number of hydrogen-bond acceptors (Lipinski definition) is 4. The number of nitrogens with one attached hydrogen (secondary N) is 1. The molecule has 40 heavy (non-hydrogen) atoms. The Labute approximate surface area is 235 Å². The average molecular weight is 534 g/mol. The Morgan fingerprint density at radius 3 is 2.40 bits per heavy atom. The number of aryl methyl sites for hydroxylation is 1. The number of carbonyl (C=O) groups excluding carboxylic acids is 1. The molecule has 0 bridgehead atoms. The van der Waals surface area contributed by atoms with Gasteiger partial charge in [-0.3, -0.25) is 4.79 Å². The van der Waals surface area contributed by atoms with Gasteiger partial charge >= 0.3 is 0 Å². The van der Waals surface area contributed by atoms with Gasteiger partial charge in [-0.1, -0.05) is 72.8 Å². The van der Waals surface area contributed by atoms with Crippen molar-refractivity contribution in [3.63, 3.8) is 0 Å². The number of unbranched alkanes of at least 4 members (excludes halogenated alkanes) is 1. The van der Waals surface area contributed by atoms with Crippen molar-refractivity contribution < 1.29 is 14.3 Å². The minimum absolute atomic E-state index is 0.0183. The molecule has 4 aromatic carbocycles. The van der Waals surface area contributed by atoms with Crippen molar-refractivity contribution in [1.29, 1.82) is 0 Å². The van der Waals surface area contributed by atoms with Gasteiger partial charge in [-0.2, -0.15) is 0 Å². The maximum Gasteiger partial charge on any atom is 0.224 e. The third-order valence-corrected chi connectivity index (χ3v) is 6.92. The summed E-state index contributed by atoms with van der Waals surface area (Å²) in [5, 5.41) is 3.08. The molecule has 1 aromatic heterocycles. The maximum absolute atomic E-state index is 12.7. The first-order valence-electron chi connectivity index (χ1n) is 13.8. The molecule has 1 N–H and O–H groups in total. The number of amides is 1. The molecule has 0 unspecified atom stereocenters. The van der Waals surface area contributed by atoms with Gasteiger partial charge in [0.1, 0.15) is 17.3 Å². The van der Waals surface area contributed by atoms with Gasteiger partial charge in [-0.05, 0) is 53.8 Å². The van der Waals surface area contributed by atoms with Crippen LogP contribution in [0, 0.1) is 0 Å². The Morgan fingerprint density at radius 1 is 0.825 bits per heavy atom. The van der Waals surface area contributed by atoms with Crippen molar-refractivity contribution in [2.45, 2.75) is 32.2 Å². The number of carbonyl (C=O) groups is 1. The van der Waals surface area contributed by atoms with Crippen LogP contribution in [0.15, 0.2) is 103 Å². The minimum atomic E-state index is 0.0183. The molecule has 1 amide bonds. The van der Waals surface area contributed by atoms with Crippen molar-refractivity contribution >= 4 is 16.9 Å². The number of nitrogens with zero attached hydrogens (tertiary/aromatic N) is 2. The van der Waals surface area contributed by atoms with Gasteiger partial charge in [0, 0.05) is 25.6 Å². The fourth-order valence-corrected chi connectivity index (χ4v) is 4.83. The first-order chi connectivity index (χ1) is 19.7. The van der Waals surface area contributed by atoms with Gasteiger partial charge in [0.15, 0.2) is 0 Å². The van der Waals surface area contributed by atoms with Crippen molar-refractivity contribution in [1.82, 2.24) is 14.9 Å². The molecule has 1 heterocycles. The lowest BCUT2D eigenvalue weighted by atomic mass is 10.0. The van der Waals surface area contributed by atoms with Gasteiger partial charge in [0.2, 0.25) is 5.91 Å². The number of benzene rings is 4. The molecule has 0 saturated carbocycles. The molecule has 0 aliphatic rings. The SMILES string of the molecule is COc1cccc(OCCCCn2c(CCNC(=O)Cc3ccc(-c4ccccc4)cc3)nc3ccccc32)c1. The van der Waals surface area contributed by atoms with E-state index >= 15 is 0 Å². The van der Waals surface area contributed by atoms with Crippen LogP contribution >= 0.6 is 0 Å². The number of aromatic nitrogens is 2. The monoisotopic (exact) mass is 533 g/mol. The summed E-state index contributed by atoms with van der Waals surface area (Å²) in [5.41, 5.74) is 5.42. The highest BCUT2D eigenvalue weighted by atomic mass is 16.5. The van der Waals surface area contributed by atoms with Crippen LogP contribution < -0.4 is 14.8 Å². The minimum Gasteiger partial charge on any atom is -0.497 e. The third-order valence-electron chi connectivity index (χ3n) is 6.92. The fraction of sp³-hybridized carbons (Fsp3) is 0.235. The number of hydrogen-bond donors (Lipinski definition) is 1. The zero-order chi connectivity index (χ0) is 27.6. The second-order valence-corrected chi connectivity index (χ2v) is 9.74.